The molecule has 1 unspecified atom stereocenters. The van der Waals surface area contributed by atoms with E-state index >= 15 is 0 Å². The van der Waals surface area contributed by atoms with E-state index in [4.69, 9.17) is 0 Å². The van der Waals surface area contributed by atoms with Crippen LogP contribution in [0.2, 0.25) is 0 Å². The third-order valence-corrected chi connectivity index (χ3v) is 3.86. The van der Waals surface area contributed by atoms with Crippen LogP contribution in [-0.2, 0) is 11.2 Å². The normalized spacial score (nSPS) is 16.0. The van der Waals surface area contributed by atoms with Crippen LogP contribution in [0.25, 0.3) is 0 Å². The zero-order chi connectivity index (χ0) is 15.5. The highest BCUT2D eigenvalue weighted by molar-refractivity contribution is 5.98. The predicted octanol–water partition coefficient (Wildman–Crippen LogP) is 4.05. The molecule has 3 nitrogen and oxygen atoms in total. The third-order valence-electron chi connectivity index (χ3n) is 3.86. The van der Waals surface area contributed by atoms with E-state index in [1.54, 1.807) is 12.1 Å². The highest BCUT2D eigenvalue weighted by atomic mass is 19.1. The van der Waals surface area contributed by atoms with Gasteiger partial charge in [0.05, 0.1) is 6.04 Å². The van der Waals surface area contributed by atoms with Crippen LogP contribution in [0.15, 0.2) is 55.1 Å². The van der Waals surface area contributed by atoms with Gasteiger partial charge in [-0.05, 0) is 66.4 Å². The highest BCUT2D eigenvalue weighted by Crippen LogP contribution is 2.35. The van der Waals surface area contributed by atoms with Crippen molar-refractivity contribution in [2.45, 2.75) is 18.9 Å². The standard InChI is InChI=1S/C18H17FN2O/c1-2-18(22)21-15-8-9-16-12(11-15)3-10-17(16)20-14-6-4-13(19)5-7-14/h2,4-9,11,17,20H,1,3,10H2,(H,21,22). The van der Waals surface area contributed by atoms with Gasteiger partial charge in [-0.1, -0.05) is 12.6 Å². The van der Waals surface area contributed by atoms with Crippen molar-refractivity contribution >= 4 is 17.3 Å². The first-order valence-corrected chi connectivity index (χ1v) is 7.24. The summed E-state index contributed by atoms with van der Waals surface area (Å²) in [6.07, 6.45) is 3.18. The molecule has 1 amide bonds. The summed E-state index contributed by atoms with van der Waals surface area (Å²) in [4.78, 5) is 11.3. The molecular weight excluding hydrogens is 279 g/mol. The van der Waals surface area contributed by atoms with Crippen LogP contribution in [0.5, 0.6) is 0 Å². The monoisotopic (exact) mass is 296 g/mol. The van der Waals surface area contributed by atoms with Gasteiger partial charge >= 0.3 is 0 Å². The van der Waals surface area contributed by atoms with E-state index in [0.717, 1.165) is 24.2 Å². The molecule has 0 aromatic heterocycles. The van der Waals surface area contributed by atoms with Gasteiger partial charge in [-0.2, -0.15) is 0 Å². The molecule has 0 radical (unpaired) electrons. The maximum Gasteiger partial charge on any atom is 0.247 e. The molecule has 0 aliphatic heterocycles. The number of rotatable bonds is 4. The molecule has 1 atom stereocenters. The fourth-order valence-electron chi connectivity index (χ4n) is 2.79. The molecule has 0 saturated carbocycles. The molecule has 22 heavy (non-hydrogen) atoms. The molecule has 1 aliphatic rings. The lowest BCUT2D eigenvalue weighted by atomic mass is 10.1. The van der Waals surface area contributed by atoms with Crippen molar-refractivity contribution in [2.75, 3.05) is 10.6 Å². The Morgan fingerprint density at radius 3 is 2.64 bits per heavy atom. The zero-order valence-electron chi connectivity index (χ0n) is 12.1. The van der Waals surface area contributed by atoms with Crippen LogP contribution in [0, 0.1) is 5.82 Å². The molecule has 0 spiro atoms. The topological polar surface area (TPSA) is 41.1 Å². The molecule has 2 aromatic carbocycles. The molecular formula is C18H17FN2O. The second kappa shape index (κ2) is 6.02. The lowest BCUT2D eigenvalue weighted by molar-refractivity contribution is -0.111. The number of hydrogen-bond acceptors (Lipinski definition) is 2. The number of fused-ring (bicyclic) bond motifs is 1. The summed E-state index contributed by atoms with van der Waals surface area (Å²) < 4.78 is 12.9. The number of halogens is 1. The predicted molar refractivity (Wildman–Crippen MR) is 86.4 cm³/mol. The summed E-state index contributed by atoms with van der Waals surface area (Å²) in [5, 5.41) is 6.20. The second-order valence-electron chi connectivity index (χ2n) is 5.35. The van der Waals surface area contributed by atoms with Crippen LogP contribution in [0.3, 0.4) is 0 Å². The first-order chi connectivity index (χ1) is 10.7. The Bertz CT molecular complexity index is 710. The molecule has 0 fully saturated rings. The molecule has 2 N–H and O–H groups in total. The Morgan fingerprint density at radius 1 is 1.18 bits per heavy atom. The minimum Gasteiger partial charge on any atom is -0.378 e. The first-order valence-electron chi connectivity index (χ1n) is 7.24. The maximum atomic E-state index is 12.9. The van der Waals surface area contributed by atoms with Gasteiger partial charge in [0.25, 0.3) is 0 Å². The fourth-order valence-corrected chi connectivity index (χ4v) is 2.79. The summed E-state index contributed by atoms with van der Waals surface area (Å²) in [6.45, 7) is 3.45. The quantitative estimate of drug-likeness (QED) is 0.836. The van der Waals surface area contributed by atoms with Crippen molar-refractivity contribution in [1.82, 2.24) is 0 Å². The van der Waals surface area contributed by atoms with Gasteiger partial charge in [-0.15, -0.1) is 0 Å². The van der Waals surface area contributed by atoms with Gasteiger partial charge in [0.2, 0.25) is 5.91 Å². The lowest BCUT2D eigenvalue weighted by Crippen LogP contribution is -2.09. The second-order valence-corrected chi connectivity index (χ2v) is 5.35. The summed E-state index contributed by atoms with van der Waals surface area (Å²) >= 11 is 0. The summed E-state index contributed by atoms with van der Waals surface area (Å²) in [6, 6.07) is 12.5. The average molecular weight is 296 g/mol. The number of hydrogen-bond donors (Lipinski definition) is 2. The highest BCUT2D eigenvalue weighted by Gasteiger charge is 2.22. The van der Waals surface area contributed by atoms with Crippen molar-refractivity contribution < 1.29 is 9.18 Å². The third kappa shape index (κ3) is 3.01. The Labute approximate surface area is 128 Å². The van der Waals surface area contributed by atoms with Crippen LogP contribution in [-0.4, -0.2) is 5.91 Å². The van der Waals surface area contributed by atoms with Gasteiger partial charge in [0.15, 0.2) is 0 Å². The van der Waals surface area contributed by atoms with Crippen molar-refractivity contribution in [3.8, 4) is 0 Å². The van der Waals surface area contributed by atoms with E-state index in [9.17, 15) is 9.18 Å². The molecule has 0 bridgehead atoms. The number of aryl methyl sites for hydroxylation is 1. The van der Waals surface area contributed by atoms with E-state index in [1.807, 2.05) is 18.2 Å². The summed E-state index contributed by atoms with van der Waals surface area (Å²) in [5.41, 5.74) is 4.14. The van der Waals surface area contributed by atoms with Crippen molar-refractivity contribution in [1.29, 1.82) is 0 Å². The zero-order valence-corrected chi connectivity index (χ0v) is 12.1. The van der Waals surface area contributed by atoms with E-state index in [0.29, 0.717) is 0 Å². The number of benzene rings is 2. The summed E-state index contributed by atoms with van der Waals surface area (Å²) in [7, 11) is 0. The van der Waals surface area contributed by atoms with E-state index in [1.165, 1.54) is 29.3 Å². The number of amides is 1. The Morgan fingerprint density at radius 2 is 1.91 bits per heavy atom. The molecule has 4 heteroatoms. The molecule has 3 rings (SSSR count). The Balaban J connectivity index is 1.75. The molecule has 1 aliphatic carbocycles. The lowest BCUT2D eigenvalue weighted by Gasteiger charge is -2.16. The largest absolute Gasteiger partial charge is 0.378 e. The molecule has 0 saturated heterocycles. The summed E-state index contributed by atoms with van der Waals surface area (Å²) in [5.74, 6) is -0.445. The van der Waals surface area contributed by atoms with Gasteiger partial charge in [-0.25, -0.2) is 4.39 Å². The maximum absolute atomic E-state index is 12.9. The smallest absolute Gasteiger partial charge is 0.247 e. The minimum atomic E-state index is -0.236. The van der Waals surface area contributed by atoms with Gasteiger partial charge in [0, 0.05) is 11.4 Å². The van der Waals surface area contributed by atoms with Gasteiger partial charge in [-0.3, -0.25) is 4.79 Å². The first kappa shape index (κ1) is 14.3. The minimum absolute atomic E-state index is 0.209. The fraction of sp³-hybridized carbons (Fsp3) is 0.167. The van der Waals surface area contributed by atoms with Crippen LogP contribution in [0.4, 0.5) is 15.8 Å². The van der Waals surface area contributed by atoms with Crippen LogP contribution < -0.4 is 10.6 Å². The van der Waals surface area contributed by atoms with E-state index in [2.05, 4.69) is 17.2 Å². The van der Waals surface area contributed by atoms with Crippen molar-refractivity contribution in [3.63, 3.8) is 0 Å². The van der Waals surface area contributed by atoms with Crippen LogP contribution >= 0.6 is 0 Å². The molecule has 2 aromatic rings. The number of carbonyl (C=O) groups excluding carboxylic acids is 1. The van der Waals surface area contributed by atoms with Gasteiger partial charge in [0.1, 0.15) is 5.82 Å². The van der Waals surface area contributed by atoms with Crippen molar-refractivity contribution in [3.05, 3.63) is 72.1 Å². The van der Waals surface area contributed by atoms with Crippen molar-refractivity contribution in [2.24, 2.45) is 0 Å². The van der Waals surface area contributed by atoms with E-state index in [-0.39, 0.29) is 17.8 Å². The Kier molecular flexibility index (Phi) is 3.92. The van der Waals surface area contributed by atoms with E-state index < -0.39 is 0 Å². The average Bonchev–Trinajstić information content (AvgIpc) is 2.92. The molecule has 112 valence electrons. The van der Waals surface area contributed by atoms with Crippen LogP contribution in [0.1, 0.15) is 23.6 Å². The number of anilines is 2. The molecule has 0 heterocycles. The Hall–Kier alpha value is -2.62. The van der Waals surface area contributed by atoms with Gasteiger partial charge < -0.3 is 10.6 Å². The number of carbonyl (C=O) groups is 1. The SMILES string of the molecule is C=CC(=O)Nc1ccc2c(c1)CCC2Nc1ccc(F)cc1. The number of nitrogens with one attached hydrogen (secondary N) is 2.